The third-order valence-corrected chi connectivity index (χ3v) is 4.92. The number of halogens is 3. The Balaban J connectivity index is 1.71. The molecule has 0 spiro atoms. The minimum atomic E-state index is -4.79. The van der Waals surface area contributed by atoms with E-state index in [1.54, 1.807) is 36.2 Å². The van der Waals surface area contributed by atoms with Crippen molar-refractivity contribution in [2.45, 2.75) is 6.36 Å². The van der Waals surface area contributed by atoms with Gasteiger partial charge in [-0.15, -0.1) is 24.5 Å². The van der Waals surface area contributed by atoms with Crippen molar-refractivity contribution in [3.05, 3.63) is 76.5 Å². The number of anilines is 2. The number of amides is 2. The summed E-state index contributed by atoms with van der Waals surface area (Å²) in [6.45, 7) is 0. The molecule has 0 saturated carbocycles. The predicted molar refractivity (Wildman–Crippen MR) is 116 cm³/mol. The fraction of sp³-hybridized carbons (Fsp3) is 0.0952. The maximum atomic E-state index is 12.3. The van der Waals surface area contributed by atoms with Crippen molar-refractivity contribution < 1.29 is 22.7 Å². The smallest absolute Gasteiger partial charge is 0.406 e. The third kappa shape index (κ3) is 6.23. The molecule has 0 aliphatic carbocycles. The van der Waals surface area contributed by atoms with Crippen molar-refractivity contribution in [3.63, 3.8) is 0 Å². The van der Waals surface area contributed by atoms with Crippen LogP contribution in [0.3, 0.4) is 0 Å². The zero-order valence-electron chi connectivity index (χ0n) is 16.6. The lowest BCUT2D eigenvalue weighted by Crippen LogP contribution is -2.32. The van der Waals surface area contributed by atoms with Crippen LogP contribution >= 0.6 is 11.3 Å². The lowest BCUT2D eigenvalue weighted by molar-refractivity contribution is -0.274. The molecule has 0 fully saturated rings. The van der Waals surface area contributed by atoms with Crippen molar-refractivity contribution in [1.29, 1.82) is 5.26 Å². The van der Waals surface area contributed by atoms with Crippen LogP contribution in [0.5, 0.6) is 5.75 Å². The second kappa shape index (κ2) is 9.84. The minimum absolute atomic E-state index is 0.255. The molecule has 1 aromatic heterocycles. The topological polar surface area (TPSA) is 89.8 Å². The number of hydrogen-bond acceptors (Lipinski definition) is 5. The van der Waals surface area contributed by atoms with Gasteiger partial charge in [0, 0.05) is 18.4 Å². The van der Waals surface area contributed by atoms with E-state index < -0.39 is 18.1 Å². The number of thiophene rings is 1. The van der Waals surface area contributed by atoms with Gasteiger partial charge in [0.25, 0.3) is 0 Å². The van der Waals surface area contributed by atoms with Gasteiger partial charge >= 0.3 is 12.4 Å². The van der Waals surface area contributed by atoms with E-state index in [1.165, 1.54) is 23.5 Å². The molecule has 11 heteroatoms. The molecule has 164 valence electrons. The lowest BCUT2D eigenvalue weighted by atomic mass is 10.2. The average molecular weight is 459 g/mol. The summed E-state index contributed by atoms with van der Waals surface area (Å²) >= 11 is 1.42. The first-order chi connectivity index (χ1) is 15.2. The Morgan fingerprint density at radius 3 is 2.38 bits per heavy atom. The monoisotopic (exact) mass is 459 g/mol. The van der Waals surface area contributed by atoms with Gasteiger partial charge in [0.2, 0.25) is 0 Å². The molecule has 3 aromatic rings. The summed E-state index contributed by atoms with van der Waals surface area (Å²) in [6, 6.07) is 16.6. The maximum absolute atomic E-state index is 12.3. The molecule has 2 amide bonds. The second-order valence-electron chi connectivity index (χ2n) is 6.27. The summed E-state index contributed by atoms with van der Waals surface area (Å²) in [7, 11) is 1.76. The molecule has 2 aromatic carbocycles. The van der Waals surface area contributed by atoms with Gasteiger partial charge in [0.05, 0.1) is 16.5 Å². The summed E-state index contributed by atoms with van der Waals surface area (Å²) in [5, 5.41) is 17.5. The van der Waals surface area contributed by atoms with Crippen LogP contribution in [0, 0.1) is 11.3 Å². The fourth-order valence-electron chi connectivity index (χ4n) is 2.59. The lowest BCUT2D eigenvalue weighted by Gasteiger charge is -2.20. The van der Waals surface area contributed by atoms with E-state index in [0.717, 1.165) is 22.7 Å². The van der Waals surface area contributed by atoms with Gasteiger partial charge in [-0.3, -0.25) is 0 Å². The number of amidine groups is 1. The van der Waals surface area contributed by atoms with Gasteiger partial charge in [0.1, 0.15) is 5.75 Å². The Kier molecular flexibility index (Phi) is 6.97. The predicted octanol–water partition coefficient (Wildman–Crippen LogP) is 5.14. The van der Waals surface area contributed by atoms with Crippen LogP contribution in [0.2, 0.25) is 0 Å². The molecule has 32 heavy (non-hydrogen) atoms. The zero-order chi connectivity index (χ0) is 23.1. The molecule has 7 nitrogen and oxygen atoms in total. The number of nitrogens with one attached hydrogen (secondary N) is 2. The average Bonchev–Trinajstić information content (AvgIpc) is 3.29. The number of carbonyl (C=O) groups excluding carboxylic acids is 1. The number of nitriles is 1. The highest BCUT2D eigenvalue weighted by Gasteiger charge is 2.30. The highest BCUT2D eigenvalue weighted by molar-refractivity contribution is 7.12. The molecule has 0 bridgehead atoms. The van der Waals surface area contributed by atoms with Gasteiger partial charge in [-0.05, 0) is 60.0 Å². The van der Waals surface area contributed by atoms with Crippen molar-refractivity contribution in [1.82, 2.24) is 5.43 Å². The van der Waals surface area contributed by atoms with Crippen LogP contribution in [-0.4, -0.2) is 25.3 Å². The van der Waals surface area contributed by atoms with E-state index in [2.05, 4.69) is 26.7 Å². The molecule has 0 saturated heterocycles. The largest absolute Gasteiger partial charge is 0.573 e. The summed E-state index contributed by atoms with van der Waals surface area (Å²) in [5.41, 5.74) is 3.90. The zero-order valence-corrected chi connectivity index (χ0v) is 17.4. The van der Waals surface area contributed by atoms with Gasteiger partial charge in [-0.25, -0.2) is 10.2 Å². The molecule has 0 aliphatic heterocycles. The Bertz CT molecular complexity index is 1120. The fourth-order valence-corrected chi connectivity index (χ4v) is 3.33. The minimum Gasteiger partial charge on any atom is -0.406 e. The number of benzene rings is 2. The van der Waals surface area contributed by atoms with Crippen molar-refractivity contribution >= 4 is 34.6 Å². The Morgan fingerprint density at radius 1 is 1.12 bits per heavy atom. The number of ether oxygens (including phenoxy) is 1. The number of hydrazone groups is 1. The summed E-state index contributed by atoms with van der Waals surface area (Å²) < 4.78 is 40.5. The van der Waals surface area contributed by atoms with Gasteiger partial charge in [-0.1, -0.05) is 6.07 Å². The molecule has 0 unspecified atom stereocenters. The van der Waals surface area contributed by atoms with Crippen molar-refractivity contribution in [3.8, 4) is 11.8 Å². The van der Waals surface area contributed by atoms with E-state index in [-0.39, 0.29) is 5.69 Å². The van der Waals surface area contributed by atoms with Crippen LogP contribution in [0.15, 0.2) is 71.1 Å². The number of nitrogens with zero attached hydrogens (tertiary/aromatic N) is 3. The molecule has 0 radical (unpaired) electrons. The van der Waals surface area contributed by atoms with Crippen LogP contribution in [0.1, 0.15) is 10.4 Å². The van der Waals surface area contributed by atoms with Gasteiger partial charge < -0.3 is 15.0 Å². The van der Waals surface area contributed by atoms with Crippen LogP contribution in [0.4, 0.5) is 29.3 Å². The number of hydrogen-bond donors (Lipinski definition) is 2. The number of rotatable bonds is 5. The number of carbonyl (C=O) groups is 1. The first-order valence-electron chi connectivity index (χ1n) is 9.03. The number of urea groups is 1. The van der Waals surface area contributed by atoms with Gasteiger partial charge in [0.15, 0.2) is 5.84 Å². The number of alkyl halides is 3. The molecule has 1 heterocycles. The quantitative estimate of drug-likeness (QED) is 0.314. The SMILES string of the molecule is CN(C(=NNC(=O)Nc1ccc(OC(F)(F)F)cc1)c1cccs1)c1ccc(C#N)cc1. The Labute approximate surface area is 185 Å². The summed E-state index contributed by atoms with van der Waals surface area (Å²) in [6.07, 6.45) is -4.79. The Hall–Kier alpha value is -4.04. The normalized spacial score (nSPS) is 11.4. The van der Waals surface area contributed by atoms with Crippen LogP contribution < -0.4 is 20.4 Å². The molecular formula is C21H16F3N5O2S. The van der Waals surface area contributed by atoms with Crippen molar-refractivity contribution in [2.75, 3.05) is 17.3 Å². The summed E-state index contributed by atoms with van der Waals surface area (Å²) in [4.78, 5) is 14.8. The standard InChI is InChI=1S/C21H16F3N5O2S/c1-29(16-8-4-14(13-25)5-9-16)19(18-3-2-12-32-18)27-28-20(30)26-15-6-10-17(11-7-15)31-21(22,23)24/h2-12H,1H3,(H2,26,28,30). The highest BCUT2D eigenvalue weighted by atomic mass is 32.1. The van der Waals surface area contributed by atoms with E-state index in [1.807, 2.05) is 17.5 Å². The third-order valence-electron chi connectivity index (χ3n) is 4.05. The van der Waals surface area contributed by atoms with E-state index in [4.69, 9.17) is 5.26 Å². The van der Waals surface area contributed by atoms with E-state index in [9.17, 15) is 18.0 Å². The first kappa shape index (κ1) is 22.6. The molecule has 0 atom stereocenters. The first-order valence-corrected chi connectivity index (χ1v) is 9.91. The molecular weight excluding hydrogens is 443 g/mol. The second-order valence-corrected chi connectivity index (χ2v) is 7.22. The van der Waals surface area contributed by atoms with Crippen LogP contribution in [0.25, 0.3) is 0 Å². The van der Waals surface area contributed by atoms with Crippen LogP contribution in [-0.2, 0) is 0 Å². The van der Waals surface area contributed by atoms with E-state index >= 15 is 0 Å². The molecule has 0 aliphatic rings. The molecule has 2 N–H and O–H groups in total. The highest BCUT2D eigenvalue weighted by Crippen LogP contribution is 2.24. The maximum Gasteiger partial charge on any atom is 0.573 e. The van der Waals surface area contributed by atoms with E-state index in [0.29, 0.717) is 11.4 Å². The Morgan fingerprint density at radius 2 is 1.81 bits per heavy atom. The van der Waals surface area contributed by atoms with Crippen molar-refractivity contribution in [2.24, 2.45) is 5.10 Å². The summed E-state index contributed by atoms with van der Waals surface area (Å²) in [5.74, 6) is 0.0549. The molecule has 3 rings (SSSR count). The van der Waals surface area contributed by atoms with Gasteiger partial charge in [-0.2, -0.15) is 10.4 Å².